The van der Waals surface area contributed by atoms with Gasteiger partial charge in [0.25, 0.3) is 0 Å². The largest absolute Gasteiger partial charge is 0.324 e. The van der Waals surface area contributed by atoms with Crippen LogP contribution >= 0.6 is 11.6 Å². The van der Waals surface area contributed by atoms with Crippen LogP contribution in [0.15, 0.2) is 48.5 Å². The Bertz CT molecular complexity index is 682. The highest BCUT2D eigenvalue weighted by atomic mass is 35.5. The van der Waals surface area contributed by atoms with Gasteiger partial charge >= 0.3 is 0 Å². The van der Waals surface area contributed by atoms with Crippen molar-refractivity contribution in [1.82, 2.24) is 0 Å². The number of carbonyl (C=O) groups is 1. The number of hydrogen-bond acceptors (Lipinski definition) is 1. The standard InChI is InChI=1S/C17H15ClFNO/c18-13-7-2-4-9-15(13)20-16(21)17(10-5-11-17)12-6-1-3-8-14(12)19/h1-4,6-9H,5,10-11H2,(H,20,21). The van der Waals surface area contributed by atoms with Crippen molar-refractivity contribution in [3.63, 3.8) is 0 Å². The van der Waals surface area contributed by atoms with E-state index >= 15 is 0 Å². The number of amides is 1. The van der Waals surface area contributed by atoms with Crippen LogP contribution in [0, 0.1) is 5.82 Å². The Balaban J connectivity index is 1.92. The normalized spacial score (nSPS) is 16.1. The summed E-state index contributed by atoms with van der Waals surface area (Å²) in [5, 5.41) is 3.32. The van der Waals surface area contributed by atoms with E-state index in [1.54, 1.807) is 42.5 Å². The molecule has 2 aromatic carbocycles. The number of hydrogen-bond donors (Lipinski definition) is 1. The Kier molecular flexibility index (Phi) is 3.68. The molecule has 0 unspecified atom stereocenters. The van der Waals surface area contributed by atoms with E-state index in [9.17, 15) is 9.18 Å². The van der Waals surface area contributed by atoms with Gasteiger partial charge in [0, 0.05) is 5.56 Å². The van der Waals surface area contributed by atoms with Gasteiger partial charge in [-0.05, 0) is 31.0 Å². The molecule has 1 aliphatic rings. The summed E-state index contributed by atoms with van der Waals surface area (Å²) in [5.41, 5.74) is 0.262. The monoisotopic (exact) mass is 303 g/mol. The molecule has 108 valence electrons. The number of nitrogens with one attached hydrogen (secondary N) is 1. The summed E-state index contributed by atoms with van der Waals surface area (Å²) in [6.45, 7) is 0. The highest BCUT2D eigenvalue weighted by Gasteiger charge is 2.47. The molecule has 0 atom stereocenters. The molecule has 0 heterocycles. The van der Waals surface area contributed by atoms with Gasteiger partial charge in [0.15, 0.2) is 0 Å². The Morgan fingerprint density at radius 3 is 2.38 bits per heavy atom. The molecule has 0 saturated heterocycles. The Labute approximate surface area is 127 Å². The molecule has 1 N–H and O–H groups in total. The number of para-hydroxylation sites is 1. The molecule has 3 rings (SSSR count). The van der Waals surface area contributed by atoms with Crippen molar-refractivity contribution >= 4 is 23.2 Å². The minimum absolute atomic E-state index is 0.188. The van der Waals surface area contributed by atoms with Crippen molar-refractivity contribution in [3.05, 3.63) is 64.9 Å². The third-order valence-corrected chi connectivity index (χ3v) is 4.48. The number of anilines is 1. The van der Waals surface area contributed by atoms with Crippen LogP contribution in [-0.4, -0.2) is 5.91 Å². The summed E-state index contributed by atoms with van der Waals surface area (Å²) >= 11 is 6.07. The molecular formula is C17H15ClFNO. The van der Waals surface area contributed by atoms with Crippen LogP contribution in [0.2, 0.25) is 5.02 Å². The van der Waals surface area contributed by atoms with Gasteiger partial charge in [-0.3, -0.25) is 4.79 Å². The zero-order chi connectivity index (χ0) is 14.9. The van der Waals surface area contributed by atoms with Gasteiger partial charge in [0.05, 0.1) is 16.1 Å². The van der Waals surface area contributed by atoms with Crippen molar-refractivity contribution in [2.75, 3.05) is 5.32 Å². The smallest absolute Gasteiger partial charge is 0.235 e. The SMILES string of the molecule is O=C(Nc1ccccc1Cl)C1(c2ccccc2F)CCC1. The predicted molar refractivity (Wildman–Crippen MR) is 82.0 cm³/mol. The molecule has 21 heavy (non-hydrogen) atoms. The number of carbonyl (C=O) groups excluding carboxylic acids is 1. The van der Waals surface area contributed by atoms with Gasteiger partial charge in [0.2, 0.25) is 5.91 Å². The molecule has 0 spiro atoms. The average Bonchev–Trinajstić information content (AvgIpc) is 2.42. The van der Waals surface area contributed by atoms with E-state index in [-0.39, 0.29) is 11.7 Å². The minimum Gasteiger partial charge on any atom is -0.324 e. The van der Waals surface area contributed by atoms with Crippen LogP contribution in [0.5, 0.6) is 0 Å². The molecule has 0 aromatic heterocycles. The molecule has 0 aliphatic heterocycles. The lowest BCUT2D eigenvalue weighted by molar-refractivity contribution is -0.124. The van der Waals surface area contributed by atoms with Crippen molar-refractivity contribution < 1.29 is 9.18 Å². The maximum atomic E-state index is 14.1. The minimum atomic E-state index is -0.773. The Morgan fingerprint density at radius 1 is 1.10 bits per heavy atom. The number of halogens is 2. The third kappa shape index (κ3) is 2.42. The predicted octanol–water partition coefficient (Wildman–Crippen LogP) is 4.54. The van der Waals surface area contributed by atoms with E-state index < -0.39 is 5.41 Å². The van der Waals surface area contributed by atoms with Gasteiger partial charge < -0.3 is 5.32 Å². The maximum Gasteiger partial charge on any atom is 0.235 e. The first-order chi connectivity index (χ1) is 10.1. The summed E-state index contributed by atoms with van der Waals surface area (Å²) in [6.07, 6.45) is 2.23. The Hall–Kier alpha value is -1.87. The van der Waals surface area contributed by atoms with Gasteiger partial charge in [-0.1, -0.05) is 48.4 Å². The summed E-state index contributed by atoms with van der Waals surface area (Å²) in [5.74, 6) is -0.515. The molecule has 1 saturated carbocycles. The molecule has 1 aliphatic carbocycles. The van der Waals surface area contributed by atoms with Gasteiger partial charge in [-0.25, -0.2) is 4.39 Å². The van der Waals surface area contributed by atoms with Gasteiger partial charge in [-0.2, -0.15) is 0 Å². The zero-order valence-electron chi connectivity index (χ0n) is 11.4. The van der Waals surface area contributed by atoms with Crippen LogP contribution in [0.3, 0.4) is 0 Å². The van der Waals surface area contributed by atoms with Crippen LogP contribution in [0.1, 0.15) is 24.8 Å². The zero-order valence-corrected chi connectivity index (χ0v) is 12.2. The van der Waals surface area contributed by atoms with E-state index in [4.69, 9.17) is 11.6 Å². The highest BCUT2D eigenvalue weighted by Crippen LogP contribution is 2.45. The lowest BCUT2D eigenvalue weighted by Gasteiger charge is -2.40. The van der Waals surface area contributed by atoms with Gasteiger partial charge in [0.1, 0.15) is 5.82 Å². The molecule has 1 amide bonds. The first kappa shape index (κ1) is 14.1. The summed E-state index contributed by atoms with van der Waals surface area (Å²) in [4.78, 5) is 12.7. The third-order valence-electron chi connectivity index (χ3n) is 4.15. The van der Waals surface area contributed by atoms with E-state index in [0.717, 1.165) is 6.42 Å². The Morgan fingerprint density at radius 2 is 1.76 bits per heavy atom. The molecule has 4 heteroatoms. The van der Waals surface area contributed by atoms with E-state index in [2.05, 4.69) is 5.32 Å². The second kappa shape index (κ2) is 5.49. The van der Waals surface area contributed by atoms with E-state index in [1.807, 2.05) is 0 Å². The van der Waals surface area contributed by atoms with Crippen LogP contribution in [-0.2, 0) is 10.2 Å². The highest BCUT2D eigenvalue weighted by molar-refractivity contribution is 6.33. The van der Waals surface area contributed by atoms with Crippen molar-refractivity contribution in [2.45, 2.75) is 24.7 Å². The van der Waals surface area contributed by atoms with Crippen LogP contribution in [0.25, 0.3) is 0 Å². The van der Waals surface area contributed by atoms with Crippen molar-refractivity contribution in [1.29, 1.82) is 0 Å². The van der Waals surface area contributed by atoms with Gasteiger partial charge in [-0.15, -0.1) is 0 Å². The van der Waals surface area contributed by atoms with E-state index in [1.165, 1.54) is 6.07 Å². The number of rotatable bonds is 3. The first-order valence-electron chi connectivity index (χ1n) is 6.94. The quantitative estimate of drug-likeness (QED) is 0.886. The second-order valence-corrected chi connectivity index (χ2v) is 5.76. The lowest BCUT2D eigenvalue weighted by Crippen LogP contribution is -2.46. The maximum absolute atomic E-state index is 14.1. The fraction of sp³-hybridized carbons (Fsp3) is 0.235. The molecule has 0 bridgehead atoms. The molecule has 2 aromatic rings. The molecular weight excluding hydrogens is 289 g/mol. The van der Waals surface area contributed by atoms with E-state index in [0.29, 0.717) is 29.1 Å². The first-order valence-corrected chi connectivity index (χ1v) is 7.32. The van der Waals surface area contributed by atoms with Crippen molar-refractivity contribution in [3.8, 4) is 0 Å². The second-order valence-electron chi connectivity index (χ2n) is 5.35. The van der Waals surface area contributed by atoms with Crippen molar-refractivity contribution in [2.24, 2.45) is 0 Å². The average molecular weight is 304 g/mol. The topological polar surface area (TPSA) is 29.1 Å². The summed E-state index contributed by atoms with van der Waals surface area (Å²) in [7, 11) is 0. The lowest BCUT2D eigenvalue weighted by atomic mass is 9.63. The molecule has 0 radical (unpaired) electrons. The van der Waals surface area contributed by atoms with Crippen LogP contribution in [0.4, 0.5) is 10.1 Å². The molecule has 2 nitrogen and oxygen atoms in total. The fourth-order valence-corrected chi connectivity index (χ4v) is 2.99. The number of benzene rings is 2. The molecule has 1 fully saturated rings. The van der Waals surface area contributed by atoms with Crippen LogP contribution < -0.4 is 5.32 Å². The fourth-order valence-electron chi connectivity index (χ4n) is 2.80. The summed E-state index contributed by atoms with van der Waals surface area (Å²) < 4.78 is 14.1. The summed E-state index contributed by atoms with van der Waals surface area (Å²) in [6, 6.07) is 13.6.